The average Bonchev–Trinajstić information content (AvgIpc) is 2.18. The summed E-state index contributed by atoms with van der Waals surface area (Å²) in [4.78, 5) is 0. The van der Waals surface area contributed by atoms with Crippen LogP contribution in [0.1, 0.15) is 12.5 Å². The Morgan fingerprint density at radius 3 is 2.17 bits per heavy atom. The van der Waals surface area contributed by atoms with E-state index in [9.17, 15) is 16.8 Å². The van der Waals surface area contributed by atoms with Crippen molar-refractivity contribution in [1.82, 2.24) is 0 Å². The van der Waals surface area contributed by atoms with Gasteiger partial charge in [-0.2, -0.15) is 8.42 Å². The minimum atomic E-state index is -4.80. The van der Waals surface area contributed by atoms with E-state index in [1.807, 2.05) is 0 Å². The highest BCUT2D eigenvalue weighted by atomic mass is 32.3. The summed E-state index contributed by atoms with van der Waals surface area (Å²) in [5, 5.41) is 0. The van der Waals surface area contributed by atoms with Gasteiger partial charge in [-0.25, -0.2) is 12.6 Å². The molecule has 0 bridgehead atoms. The molecule has 0 heterocycles. The van der Waals surface area contributed by atoms with Crippen molar-refractivity contribution in [2.45, 2.75) is 18.1 Å². The first-order valence-electron chi connectivity index (χ1n) is 4.82. The predicted octanol–water partition coefficient (Wildman–Crippen LogP) is 0.349. The van der Waals surface area contributed by atoms with Gasteiger partial charge < -0.3 is 5.73 Å². The minimum Gasteiger partial charge on any atom is -0.399 e. The SMILES string of the molecule is CC(OS(=O)(=O)O)S(=O)(=O)Cc1ccc(N)cc1. The van der Waals surface area contributed by atoms with Gasteiger partial charge in [0.15, 0.2) is 15.3 Å². The standard InChI is InChI=1S/C9H13NO6S2/c1-7(16-18(13,14)15)17(11,12)6-8-2-4-9(10)5-3-8/h2-5,7H,6,10H2,1H3,(H,13,14,15). The Kier molecular flexibility index (Phi) is 4.32. The Morgan fingerprint density at radius 2 is 1.72 bits per heavy atom. The van der Waals surface area contributed by atoms with Crippen molar-refractivity contribution in [1.29, 1.82) is 0 Å². The van der Waals surface area contributed by atoms with Crippen LogP contribution in [0.25, 0.3) is 0 Å². The summed E-state index contributed by atoms with van der Waals surface area (Å²) in [6.45, 7) is 1.03. The van der Waals surface area contributed by atoms with E-state index in [2.05, 4.69) is 4.18 Å². The van der Waals surface area contributed by atoms with Crippen LogP contribution >= 0.6 is 0 Å². The highest BCUT2D eigenvalue weighted by Crippen LogP contribution is 2.15. The van der Waals surface area contributed by atoms with Crippen molar-refractivity contribution in [2.75, 3.05) is 5.73 Å². The van der Waals surface area contributed by atoms with Crippen molar-refractivity contribution in [3.05, 3.63) is 29.8 Å². The molecule has 1 aromatic carbocycles. The molecule has 1 atom stereocenters. The van der Waals surface area contributed by atoms with Gasteiger partial charge in [-0.05, 0) is 24.6 Å². The number of sulfone groups is 1. The zero-order valence-electron chi connectivity index (χ0n) is 9.48. The third-order valence-corrected chi connectivity index (χ3v) is 4.61. The summed E-state index contributed by atoms with van der Waals surface area (Å²) in [5.74, 6) is -0.413. The maximum atomic E-state index is 11.7. The van der Waals surface area contributed by atoms with E-state index < -0.39 is 31.4 Å². The Labute approximate surface area is 105 Å². The molecule has 0 radical (unpaired) electrons. The maximum absolute atomic E-state index is 11.7. The third kappa shape index (κ3) is 4.61. The lowest BCUT2D eigenvalue weighted by molar-refractivity contribution is 0.251. The van der Waals surface area contributed by atoms with Crippen molar-refractivity contribution in [3.63, 3.8) is 0 Å². The lowest BCUT2D eigenvalue weighted by Crippen LogP contribution is -2.25. The van der Waals surface area contributed by atoms with Gasteiger partial charge in [-0.3, -0.25) is 4.55 Å². The topological polar surface area (TPSA) is 124 Å². The number of hydrogen-bond donors (Lipinski definition) is 2. The van der Waals surface area contributed by atoms with Gasteiger partial charge in [0.05, 0.1) is 5.75 Å². The molecule has 1 aromatic rings. The quantitative estimate of drug-likeness (QED) is 0.593. The highest BCUT2D eigenvalue weighted by Gasteiger charge is 2.26. The summed E-state index contributed by atoms with van der Waals surface area (Å²) in [6, 6.07) is 6.07. The molecule has 0 aliphatic heterocycles. The van der Waals surface area contributed by atoms with Crippen LogP contribution in [0.15, 0.2) is 24.3 Å². The van der Waals surface area contributed by atoms with Gasteiger partial charge in [-0.1, -0.05) is 12.1 Å². The minimum absolute atomic E-state index is 0.413. The monoisotopic (exact) mass is 295 g/mol. The molecule has 0 saturated carbocycles. The third-order valence-electron chi connectivity index (χ3n) is 2.11. The largest absolute Gasteiger partial charge is 0.399 e. The van der Waals surface area contributed by atoms with E-state index in [-0.39, 0.29) is 0 Å². The second-order valence-electron chi connectivity index (χ2n) is 3.64. The molecule has 0 aliphatic carbocycles. The first-order chi connectivity index (χ1) is 8.10. The summed E-state index contributed by atoms with van der Waals surface area (Å²) >= 11 is 0. The number of nitrogens with two attached hydrogens (primary N) is 1. The van der Waals surface area contributed by atoms with Gasteiger partial charge in [0, 0.05) is 5.69 Å². The molecule has 102 valence electrons. The molecular formula is C9H13NO6S2. The second kappa shape index (κ2) is 5.22. The van der Waals surface area contributed by atoms with Crippen molar-refractivity contribution in [2.24, 2.45) is 0 Å². The zero-order valence-corrected chi connectivity index (χ0v) is 11.1. The van der Waals surface area contributed by atoms with E-state index in [0.29, 0.717) is 11.3 Å². The first-order valence-corrected chi connectivity index (χ1v) is 7.90. The van der Waals surface area contributed by atoms with Crippen LogP contribution in [0.2, 0.25) is 0 Å². The van der Waals surface area contributed by atoms with Crippen LogP contribution in [-0.2, 0) is 30.2 Å². The van der Waals surface area contributed by atoms with E-state index in [1.165, 1.54) is 24.3 Å². The van der Waals surface area contributed by atoms with Crippen LogP contribution in [0.4, 0.5) is 5.69 Å². The fourth-order valence-corrected chi connectivity index (χ4v) is 3.21. The first kappa shape index (κ1) is 14.9. The molecule has 7 nitrogen and oxygen atoms in total. The van der Waals surface area contributed by atoms with Gasteiger partial charge in [0.25, 0.3) is 0 Å². The fourth-order valence-electron chi connectivity index (χ4n) is 1.19. The molecule has 9 heteroatoms. The summed E-state index contributed by atoms with van der Waals surface area (Å²) < 4.78 is 56.8. The van der Waals surface area contributed by atoms with Crippen LogP contribution in [0.5, 0.6) is 0 Å². The molecule has 3 N–H and O–H groups in total. The second-order valence-corrected chi connectivity index (χ2v) is 6.97. The predicted molar refractivity (Wildman–Crippen MR) is 65.6 cm³/mol. The number of hydrogen-bond acceptors (Lipinski definition) is 6. The van der Waals surface area contributed by atoms with E-state index in [0.717, 1.165) is 6.92 Å². The highest BCUT2D eigenvalue weighted by molar-refractivity contribution is 7.91. The van der Waals surface area contributed by atoms with E-state index >= 15 is 0 Å². The molecule has 1 unspecified atom stereocenters. The summed E-state index contributed by atoms with van der Waals surface area (Å²) in [7, 11) is -8.67. The molecule has 0 saturated heterocycles. The molecule has 0 amide bonds. The number of benzene rings is 1. The van der Waals surface area contributed by atoms with E-state index in [1.54, 1.807) is 0 Å². The van der Waals surface area contributed by atoms with Gasteiger partial charge in [0.1, 0.15) is 0 Å². The molecular weight excluding hydrogens is 282 g/mol. The lowest BCUT2D eigenvalue weighted by atomic mass is 10.2. The number of rotatable bonds is 5. The maximum Gasteiger partial charge on any atom is 0.398 e. The normalized spacial score (nSPS) is 14.3. The fraction of sp³-hybridized carbons (Fsp3) is 0.333. The molecule has 18 heavy (non-hydrogen) atoms. The van der Waals surface area contributed by atoms with Crippen molar-refractivity contribution in [3.8, 4) is 0 Å². The van der Waals surface area contributed by atoms with Crippen LogP contribution in [0, 0.1) is 0 Å². The molecule has 0 spiro atoms. The molecule has 1 rings (SSSR count). The summed E-state index contributed by atoms with van der Waals surface area (Å²) in [5.41, 5.74) is 4.71. The van der Waals surface area contributed by atoms with Crippen LogP contribution < -0.4 is 5.73 Å². The molecule has 0 aliphatic rings. The molecule has 0 aromatic heterocycles. The Balaban J connectivity index is 2.85. The average molecular weight is 295 g/mol. The van der Waals surface area contributed by atoms with E-state index in [4.69, 9.17) is 10.3 Å². The summed E-state index contributed by atoms with van der Waals surface area (Å²) in [6.07, 6.45) is 0. The van der Waals surface area contributed by atoms with Gasteiger partial charge >= 0.3 is 10.4 Å². The van der Waals surface area contributed by atoms with Gasteiger partial charge in [-0.15, -0.1) is 0 Å². The van der Waals surface area contributed by atoms with Gasteiger partial charge in [0.2, 0.25) is 0 Å². The number of anilines is 1. The lowest BCUT2D eigenvalue weighted by Gasteiger charge is -2.11. The van der Waals surface area contributed by atoms with Crippen LogP contribution in [-0.4, -0.2) is 26.8 Å². The molecule has 0 fully saturated rings. The van der Waals surface area contributed by atoms with Crippen molar-refractivity contribution >= 4 is 25.9 Å². The van der Waals surface area contributed by atoms with Crippen LogP contribution in [0.3, 0.4) is 0 Å². The Morgan fingerprint density at radius 1 is 1.22 bits per heavy atom. The van der Waals surface area contributed by atoms with Crippen molar-refractivity contribution < 1.29 is 25.6 Å². The number of nitrogen functional groups attached to an aromatic ring is 1. The Hall–Kier alpha value is -1.16. The Bertz CT molecular complexity index is 605. The smallest absolute Gasteiger partial charge is 0.398 e. The zero-order chi connectivity index (χ0) is 14.0.